The third-order valence-corrected chi connectivity index (χ3v) is 4.21. The molecule has 1 aromatic rings. The second-order valence-corrected chi connectivity index (χ2v) is 5.92. The molecule has 0 amide bonds. The predicted molar refractivity (Wildman–Crippen MR) is 79.0 cm³/mol. The highest BCUT2D eigenvalue weighted by molar-refractivity contribution is 6.04. The van der Waals surface area contributed by atoms with Crippen LogP contribution in [0.2, 0.25) is 0 Å². The van der Waals surface area contributed by atoms with E-state index in [0.29, 0.717) is 29.7 Å². The molecular weight excluding hydrogens is 286 g/mol. The van der Waals surface area contributed by atoms with Crippen molar-refractivity contribution in [1.82, 2.24) is 4.98 Å². The van der Waals surface area contributed by atoms with E-state index in [2.05, 4.69) is 4.98 Å². The van der Waals surface area contributed by atoms with Gasteiger partial charge in [-0.05, 0) is 52.0 Å². The lowest BCUT2D eigenvalue weighted by Crippen LogP contribution is -2.38. The molecule has 0 radical (unpaired) electrons. The van der Waals surface area contributed by atoms with Crippen LogP contribution < -0.4 is 0 Å². The van der Waals surface area contributed by atoms with Crippen molar-refractivity contribution in [3.05, 3.63) is 22.5 Å². The van der Waals surface area contributed by atoms with Gasteiger partial charge >= 0.3 is 5.97 Å². The molecule has 6 nitrogen and oxygen atoms in total. The highest BCUT2D eigenvalue weighted by Crippen LogP contribution is 2.30. The normalized spacial score (nSPS) is 16.5. The van der Waals surface area contributed by atoms with Crippen LogP contribution in [-0.2, 0) is 9.53 Å². The zero-order valence-corrected chi connectivity index (χ0v) is 13.1. The van der Waals surface area contributed by atoms with Gasteiger partial charge in [0, 0.05) is 11.3 Å². The monoisotopic (exact) mass is 307 g/mol. The minimum absolute atomic E-state index is 0.123. The molecule has 1 aliphatic carbocycles. The van der Waals surface area contributed by atoms with Crippen LogP contribution in [0.1, 0.15) is 64.7 Å². The third kappa shape index (κ3) is 2.97. The molecular formula is C16H21NO5. The van der Waals surface area contributed by atoms with E-state index < -0.39 is 24.0 Å². The molecule has 6 heteroatoms. The van der Waals surface area contributed by atoms with Crippen LogP contribution in [0.4, 0.5) is 0 Å². The Labute approximate surface area is 128 Å². The van der Waals surface area contributed by atoms with Crippen molar-refractivity contribution < 1.29 is 24.2 Å². The Morgan fingerprint density at radius 3 is 2.32 bits per heavy atom. The molecule has 1 aliphatic rings. The van der Waals surface area contributed by atoms with Gasteiger partial charge in [0.2, 0.25) is 5.78 Å². The number of aliphatic hydroxyl groups is 1. The molecule has 1 heterocycles. The van der Waals surface area contributed by atoms with E-state index in [0.717, 1.165) is 12.8 Å². The fraction of sp³-hybridized carbons (Fsp3) is 0.562. The second-order valence-electron chi connectivity index (χ2n) is 5.92. The maximum absolute atomic E-state index is 12.2. The van der Waals surface area contributed by atoms with Crippen LogP contribution in [0.5, 0.6) is 0 Å². The fourth-order valence-corrected chi connectivity index (χ4v) is 3.06. The summed E-state index contributed by atoms with van der Waals surface area (Å²) in [5.41, 5.74) is 0.489. The number of ether oxygens (including phenoxy) is 1. The zero-order chi connectivity index (χ0) is 16.5. The Hall–Kier alpha value is -1.95. The molecule has 2 rings (SSSR count). The molecule has 0 atom stereocenters. The number of aromatic amines is 1. The van der Waals surface area contributed by atoms with Gasteiger partial charge in [-0.2, -0.15) is 0 Å². The van der Waals surface area contributed by atoms with E-state index in [1.807, 2.05) is 0 Å². The molecule has 0 spiro atoms. The molecule has 0 unspecified atom stereocenters. The van der Waals surface area contributed by atoms with E-state index in [4.69, 9.17) is 4.74 Å². The number of aromatic nitrogens is 1. The van der Waals surface area contributed by atoms with Gasteiger partial charge in [0.1, 0.15) is 0 Å². The molecule has 22 heavy (non-hydrogen) atoms. The first-order valence-corrected chi connectivity index (χ1v) is 7.39. The molecule has 2 N–H and O–H groups in total. The lowest BCUT2D eigenvalue weighted by atomic mass is 10.0. The van der Waals surface area contributed by atoms with Crippen LogP contribution >= 0.6 is 0 Å². The molecule has 1 fully saturated rings. The Morgan fingerprint density at radius 2 is 1.82 bits per heavy atom. The summed E-state index contributed by atoms with van der Waals surface area (Å²) >= 11 is 0. The first-order chi connectivity index (χ1) is 10.3. The number of Topliss-reactive ketones (excluding diaryl/α,β-unsaturated/α-hetero) is 2. The van der Waals surface area contributed by atoms with Crippen molar-refractivity contribution in [3.8, 4) is 0 Å². The standard InChI is InChI=1S/C16H21NO5/c1-9-13(11(3)18)10(2)17-14(9)12(19)8-22-15(20)16(21)6-4-5-7-16/h17,21H,4-8H2,1-3H3. The van der Waals surface area contributed by atoms with Crippen molar-refractivity contribution in [2.75, 3.05) is 6.61 Å². The molecule has 1 saturated carbocycles. The number of H-pyrrole nitrogens is 1. The number of aryl methyl sites for hydroxylation is 1. The smallest absolute Gasteiger partial charge is 0.338 e. The first-order valence-electron chi connectivity index (χ1n) is 7.39. The van der Waals surface area contributed by atoms with Gasteiger partial charge in [-0.25, -0.2) is 4.79 Å². The van der Waals surface area contributed by atoms with Crippen LogP contribution in [0.3, 0.4) is 0 Å². The summed E-state index contributed by atoms with van der Waals surface area (Å²) in [4.78, 5) is 38.5. The fourth-order valence-electron chi connectivity index (χ4n) is 3.06. The average molecular weight is 307 g/mol. The van der Waals surface area contributed by atoms with Crippen LogP contribution in [-0.4, -0.2) is 39.8 Å². The van der Waals surface area contributed by atoms with Crippen molar-refractivity contribution in [2.45, 2.75) is 52.1 Å². The largest absolute Gasteiger partial charge is 0.455 e. The number of rotatable bonds is 5. The number of carbonyl (C=O) groups excluding carboxylic acids is 3. The molecule has 0 bridgehead atoms. The average Bonchev–Trinajstić information content (AvgIpc) is 3.00. The highest BCUT2D eigenvalue weighted by atomic mass is 16.6. The van der Waals surface area contributed by atoms with E-state index in [1.54, 1.807) is 13.8 Å². The quantitative estimate of drug-likeness (QED) is 0.639. The first kappa shape index (κ1) is 16.4. The zero-order valence-electron chi connectivity index (χ0n) is 13.1. The number of nitrogens with one attached hydrogen (secondary N) is 1. The molecule has 0 saturated heterocycles. The topological polar surface area (TPSA) is 96.5 Å². The summed E-state index contributed by atoms with van der Waals surface area (Å²) < 4.78 is 4.97. The van der Waals surface area contributed by atoms with Crippen molar-refractivity contribution in [3.63, 3.8) is 0 Å². The molecule has 1 aromatic heterocycles. The molecule has 120 valence electrons. The summed E-state index contributed by atoms with van der Waals surface area (Å²) in [6.07, 6.45) is 2.29. The highest BCUT2D eigenvalue weighted by Gasteiger charge is 2.40. The number of hydrogen-bond acceptors (Lipinski definition) is 5. The van der Waals surface area contributed by atoms with Gasteiger partial charge < -0.3 is 14.8 Å². The van der Waals surface area contributed by atoms with Gasteiger partial charge in [-0.3, -0.25) is 9.59 Å². The summed E-state index contributed by atoms with van der Waals surface area (Å²) in [5.74, 6) is -1.28. The third-order valence-electron chi connectivity index (χ3n) is 4.21. The van der Waals surface area contributed by atoms with Crippen molar-refractivity contribution in [1.29, 1.82) is 0 Å². The van der Waals surface area contributed by atoms with Gasteiger partial charge in [0.25, 0.3) is 0 Å². The van der Waals surface area contributed by atoms with Crippen molar-refractivity contribution >= 4 is 17.5 Å². The van der Waals surface area contributed by atoms with E-state index in [-0.39, 0.29) is 11.5 Å². The Morgan fingerprint density at radius 1 is 1.23 bits per heavy atom. The Bertz CT molecular complexity index is 623. The van der Waals surface area contributed by atoms with E-state index >= 15 is 0 Å². The summed E-state index contributed by atoms with van der Waals surface area (Å²) in [6.45, 7) is 4.39. The minimum atomic E-state index is -1.45. The minimum Gasteiger partial charge on any atom is -0.455 e. The Balaban J connectivity index is 2.06. The number of ketones is 2. The van der Waals surface area contributed by atoms with E-state index in [1.165, 1.54) is 6.92 Å². The van der Waals surface area contributed by atoms with Gasteiger partial charge in [-0.15, -0.1) is 0 Å². The number of carbonyl (C=O) groups is 3. The SMILES string of the molecule is CC(=O)c1c(C)[nH]c(C(=O)COC(=O)C2(O)CCCC2)c1C. The number of hydrogen-bond donors (Lipinski definition) is 2. The molecule has 0 aliphatic heterocycles. The predicted octanol–water partition coefficient (Wildman–Crippen LogP) is 1.87. The van der Waals surface area contributed by atoms with Crippen LogP contribution in [0.25, 0.3) is 0 Å². The van der Waals surface area contributed by atoms with Gasteiger partial charge in [0.05, 0.1) is 5.69 Å². The Kier molecular flexibility index (Phi) is 4.51. The van der Waals surface area contributed by atoms with Crippen LogP contribution in [0, 0.1) is 13.8 Å². The lowest BCUT2D eigenvalue weighted by molar-refractivity contribution is -0.163. The summed E-state index contributed by atoms with van der Waals surface area (Å²) in [5, 5.41) is 10.1. The maximum Gasteiger partial charge on any atom is 0.338 e. The van der Waals surface area contributed by atoms with Crippen molar-refractivity contribution in [2.24, 2.45) is 0 Å². The maximum atomic E-state index is 12.2. The second kappa shape index (κ2) is 6.04. The summed E-state index contributed by atoms with van der Waals surface area (Å²) in [7, 11) is 0. The summed E-state index contributed by atoms with van der Waals surface area (Å²) in [6, 6.07) is 0. The lowest BCUT2D eigenvalue weighted by Gasteiger charge is -2.19. The molecule has 0 aromatic carbocycles. The van der Waals surface area contributed by atoms with Gasteiger partial charge in [-0.1, -0.05) is 0 Å². The van der Waals surface area contributed by atoms with Crippen LogP contribution in [0.15, 0.2) is 0 Å². The van der Waals surface area contributed by atoms with E-state index in [9.17, 15) is 19.5 Å². The van der Waals surface area contributed by atoms with Gasteiger partial charge in [0.15, 0.2) is 18.0 Å². The number of esters is 1.